The van der Waals surface area contributed by atoms with E-state index in [1.165, 1.54) is 6.07 Å². The number of halogens is 2. The molecule has 2 saturated heterocycles. The van der Waals surface area contributed by atoms with Crippen molar-refractivity contribution in [2.24, 2.45) is 5.92 Å². The Kier molecular flexibility index (Phi) is 4.20. The van der Waals surface area contributed by atoms with E-state index in [0.29, 0.717) is 18.4 Å². The molecule has 2 aliphatic heterocycles. The van der Waals surface area contributed by atoms with E-state index in [9.17, 15) is 17.8 Å². The minimum Gasteiger partial charge on any atom is -0.299 e. The van der Waals surface area contributed by atoms with Crippen LogP contribution < -0.4 is 0 Å². The summed E-state index contributed by atoms with van der Waals surface area (Å²) in [6.07, 6.45) is 4.49. The van der Waals surface area contributed by atoms with E-state index < -0.39 is 22.4 Å². The molecular weight excluding hydrogens is 294 g/mol. The summed E-state index contributed by atoms with van der Waals surface area (Å²) in [4.78, 5) is 12.4. The predicted octanol–water partition coefficient (Wildman–Crippen LogP) is 3.16. The lowest BCUT2D eigenvalue weighted by atomic mass is 9.85. The van der Waals surface area contributed by atoms with Crippen molar-refractivity contribution in [1.82, 2.24) is 0 Å². The number of carbonyl (C=O) groups excluding carboxylic acids is 1. The first-order valence-corrected chi connectivity index (χ1v) is 8.68. The summed E-state index contributed by atoms with van der Waals surface area (Å²) in [5, 5.41) is 0.299. The third kappa shape index (κ3) is 3.07. The van der Waals surface area contributed by atoms with Crippen LogP contribution >= 0.6 is 0 Å². The second-order valence-corrected chi connectivity index (χ2v) is 8.05. The molecule has 3 rings (SSSR count). The molecule has 1 aromatic rings. The summed E-state index contributed by atoms with van der Waals surface area (Å²) >= 11 is 0. The van der Waals surface area contributed by atoms with Gasteiger partial charge in [0.1, 0.15) is 5.78 Å². The molecule has 1 aromatic carbocycles. The van der Waals surface area contributed by atoms with Gasteiger partial charge in [0, 0.05) is 33.6 Å². The van der Waals surface area contributed by atoms with Crippen LogP contribution in [-0.2, 0) is 22.0 Å². The van der Waals surface area contributed by atoms with Crippen LogP contribution in [0.15, 0.2) is 18.2 Å². The van der Waals surface area contributed by atoms with E-state index in [2.05, 4.69) is 0 Å². The molecule has 2 heterocycles. The molecule has 0 radical (unpaired) electrons. The van der Waals surface area contributed by atoms with Gasteiger partial charge in [0.15, 0.2) is 11.6 Å². The molecule has 2 unspecified atom stereocenters. The molecule has 114 valence electrons. The van der Waals surface area contributed by atoms with Gasteiger partial charge in [0.25, 0.3) is 0 Å². The van der Waals surface area contributed by atoms with Crippen LogP contribution in [0.5, 0.6) is 0 Å². The van der Waals surface area contributed by atoms with E-state index in [-0.39, 0.29) is 28.6 Å². The average molecular weight is 312 g/mol. The highest BCUT2D eigenvalue weighted by atomic mass is 32.2. The van der Waals surface area contributed by atoms with Crippen molar-refractivity contribution in [3.63, 3.8) is 0 Å². The summed E-state index contributed by atoms with van der Waals surface area (Å²) < 4.78 is 38.2. The van der Waals surface area contributed by atoms with Crippen molar-refractivity contribution < 1.29 is 17.8 Å². The Morgan fingerprint density at radius 2 is 1.81 bits per heavy atom. The number of benzene rings is 1. The number of rotatable bonds is 3. The van der Waals surface area contributed by atoms with Gasteiger partial charge in [-0.2, -0.15) is 0 Å². The maximum Gasteiger partial charge on any atom is 0.159 e. The van der Waals surface area contributed by atoms with Gasteiger partial charge in [-0.3, -0.25) is 9.00 Å². The molecule has 0 spiro atoms. The summed E-state index contributed by atoms with van der Waals surface area (Å²) in [5.41, 5.74) is 0.510. The standard InChI is InChI=1S/C16H18F2O2S/c17-14-5-4-10(6-15(14)18)7-16(19)11-8-12-2-1-3-13(9-11)21(12)20/h4-6,11-13H,1-3,7-9H2. The van der Waals surface area contributed by atoms with Gasteiger partial charge in [-0.05, 0) is 43.4 Å². The minimum absolute atomic E-state index is 0.0645. The second-order valence-electron chi connectivity index (χ2n) is 6.06. The largest absolute Gasteiger partial charge is 0.299 e. The second kappa shape index (κ2) is 5.95. The normalized spacial score (nSPS) is 31.9. The monoisotopic (exact) mass is 312 g/mol. The zero-order chi connectivity index (χ0) is 15.0. The van der Waals surface area contributed by atoms with Gasteiger partial charge in [-0.1, -0.05) is 12.5 Å². The van der Waals surface area contributed by atoms with Crippen molar-refractivity contribution in [2.75, 3.05) is 0 Å². The zero-order valence-corrected chi connectivity index (χ0v) is 12.5. The predicted molar refractivity (Wildman–Crippen MR) is 77.4 cm³/mol. The first-order valence-electron chi connectivity index (χ1n) is 7.40. The first-order chi connectivity index (χ1) is 10.0. The fourth-order valence-corrected chi connectivity index (χ4v) is 5.68. The van der Waals surface area contributed by atoms with Crippen LogP contribution in [0.25, 0.3) is 0 Å². The van der Waals surface area contributed by atoms with Crippen molar-refractivity contribution >= 4 is 16.6 Å². The van der Waals surface area contributed by atoms with Gasteiger partial charge >= 0.3 is 0 Å². The van der Waals surface area contributed by atoms with Crippen molar-refractivity contribution in [3.8, 4) is 0 Å². The van der Waals surface area contributed by atoms with Crippen LogP contribution in [0.3, 0.4) is 0 Å². The SMILES string of the molecule is O=C(Cc1ccc(F)c(F)c1)C1CC2CCCC(C1)S2=O. The van der Waals surface area contributed by atoms with E-state index in [0.717, 1.165) is 31.4 Å². The van der Waals surface area contributed by atoms with Crippen LogP contribution in [0.1, 0.15) is 37.7 Å². The molecule has 0 saturated carbocycles. The van der Waals surface area contributed by atoms with Crippen molar-refractivity contribution in [3.05, 3.63) is 35.4 Å². The van der Waals surface area contributed by atoms with Crippen molar-refractivity contribution in [2.45, 2.75) is 49.0 Å². The van der Waals surface area contributed by atoms with Crippen LogP contribution in [0, 0.1) is 17.6 Å². The van der Waals surface area contributed by atoms with Gasteiger partial charge in [0.2, 0.25) is 0 Å². The smallest absolute Gasteiger partial charge is 0.159 e. The quantitative estimate of drug-likeness (QED) is 0.859. The Bertz CT molecular complexity index is 572. The Hall–Kier alpha value is -1.10. The molecule has 0 aromatic heterocycles. The maximum atomic E-state index is 13.2. The number of ketones is 1. The summed E-state index contributed by atoms with van der Waals surface area (Å²) in [7, 11) is -0.788. The van der Waals surface area contributed by atoms with E-state index >= 15 is 0 Å². The molecule has 2 nitrogen and oxygen atoms in total. The first kappa shape index (κ1) is 14.8. The van der Waals surface area contributed by atoms with E-state index in [4.69, 9.17) is 0 Å². The molecule has 0 aliphatic carbocycles. The number of fused-ring (bicyclic) bond motifs is 2. The van der Waals surface area contributed by atoms with Crippen molar-refractivity contribution in [1.29, 1.82) is 0 Å². The third-order valence-corrected chi connectivity index (χ3v) is 6.79. The Balaban J connectivity index is 1.68. The maximum absolute atomic E-state index is 13.2. The highest BCUT2D eigenvalue weighted by molar-refractivity contribution is 7.86. The van der Waals surface area contributed by atoms with Gasteiger partial charge < -0.3 is 0 Å². The number of carbonyl (C=O) groups is 1. The molecule has 2 atom stereocenters. The Labute approximate surface area is 125 Å². The summed E-state index contributed by atoms with van der Waals surface area (Å²) in [5.74, 6) is -1.82. The number of Topliss-reactive ketones (excluding diaryl/α,β-unsaturated/α-hetero) is 1. The zero-order valence-electron chi connectivity index (χ0n) is 11.7. The molecular formula is C16H18F2O2S. The molecule has 2 aliphatic rings. The highest BCUT2D eigenvalue weighted by Gasteiger charge is 2.40. The molecule has 2 bridgehead atoms. The summed E-state index contributed by atoms with van der Waals surface area (Å²) in [6.45, 7) is 0. The van der Waals surface area contributed by atoms with Gasteiger partial charge in [-0.25, -0.2) is 8.78 Å². The van der Waals surface area contributed by atoms with Crippen LogP contribution in [0.4, 0.5) is 8.78 Å². The minimum atomic E-state index is -0.915. The lowest BCUT2D eigenvalue weighted by Crippen LogP contribution is -2.41. The molecule has 21 heavy (non-hydrogen) atoms. The van der Waals surface area contributed by atoms with Crippen LogP contribution in [0.2, 0.25) is 0 Å². The number of hydrogen-bond acceptors (Lipinski definition) is 2. The average Bonchev–Trinajstić information content (AvgIpc) is 2.42. The summed E-state index contributed by atoms with van der Waals surface area (Å²) in [6, 6.07) is 3.61. The Morgan fingerprint density at radius 3 is 2.43 bits per heavy atom. The van der Waals surface area contributed by atoms with E-state index in [1.54, 1.807) is 0 Å². The molecule has 0 amide bonds. The molecule has 5 heteroatoms. The van der Waals surface area contributed by atoms with E-state index in [1.807, 2.05) is 0 Å². The lowest BCUT2D eigenvalue weighted by molar-refractivity contribution is -0.122. The van der Waals surface area contributed by atoms with Gasteiger partial charge in [0.05, 0.1) is 0 Å². The Morgan fingerprint density at radius 1 is 1.14 bits per heavy atom. The molecule has 2 fully saturated rings. The fraction of sp³-hybridized carbons (Fsp3) is 0.562. The highest BCUT2D eigenvalue weighted by Crippen LogP contribution is 2.37. The molecule has 0 N–H and O–H groups in total. The van der Waals surface area contributed by atoms with Crippen LogP contribution in [-0.4, -0.2) is 20.5 Å². The topological polar surface area (TPSA) is 34.1 Å². The lowest BCUT2D eigenvalue weighted by Gasteiger charge is -2.37. The third-order valence-electron chi connectivity index (χ3n) is 4.62. The fourth-order valence-electron chi connectivity index (χ4n) is 3.49. The number of hydrogen-bond donors (Lipinski definition) is 0. The van der Waals surface area contributed by atoms with Gasteiger partial charge in [-0.15, -0.1) is 0 Å².